The summed E-state index contributed by atoms with van der Waals surface area (Å²) < 4.78 is 29.5. The third kappa shape index (κ3) is 4.15. The highest BCUT2D eigenvalue weighted by Gasteiger charge is 2.21. The zero-order valence-electron chi connectivity index (χ0n) is 16.6. The fourth-order valence-corrected chi connectivity index (χ4v) is 4.52. The Bertz CT molecular complexity index is 1170. The van der Waals surface area contributed by atoms with Gasteiger partial charge in [-0.05, 0) is 62.0 Å². The highest BCUT2D eigenvalue weighted by atomic mass is 32.2. The molecule has 31 heavy (non-hydrogen) atoms. The molecule has 0 amide bonds. The van der Waals surface area contributed by atoms with Gasteiger partial charge in [0.25, 0.3) is 6.43 Å². The molecule has 8 nitrogen and oxygen atoms in total. The molecule has 1 aromatic carbocycles. The Morgan fingerprint density at radius 3 is 2.48 bits per heavy atom. The first-order chi connectivity index (χ1) is 15.2. The summed E-state index contributed by atoms with van der Waals surface area (Å²) in [4.78, 5) is 2.39. The van der Waals surface area contributed by atoms with E-state index in [-0.39, 0.29) is 5.65 Å². The molecule has 1 aliphatic rings. The molecule has 4 heterocycles. The Balaban J connectivity index is 1.50. The number of nitrogens with zero attached hydrogens (tertiary/aromatic N) is 8. The van der Waals surface area contributed by atoms with E-state index in [0.717, 1.165) is 29.1 Å². The molecule has 0 aliphatic carbocycles. The minimum absolute atomic E-state index is 0.273. The number of para-hydroxylation sites is 1. The summed E-state index contributed by atoms with van der Waals surface area (Å²) in [7, 11) is 0. The summed E-state index contributed by atoms with van der Waals surface area (Å²) >= 11 is 1.27. The predicted octanol–water partition coefficient (Wildman–Crippen LogP) is 3.78. The van der Waals surface area contributed by atoms with E-state index in [2.05, 4.69) is 30.4 Å². The highest BCUT2D eigenvalue weighted by Crippen LogP contribution is 2.29. The fourth-order valence-electron chi connectivity index (χ4n) is 3.70. The molecule has 0 bridgehead atoms. The molecule has 0 atom stereocenters. The van der Waals surface area contributed by atoms with Crippen molar-refractivity contribution in [3.63, 3.8) is 0 Å². The van der Waals surface area contributed by atoms with Crippen LogP contribution in [0.2, 0.25) is 0 Å². The second-order valence-electron chi connectivity index (χ2n) is 7.31. The third-order valence-corrected chi connectivity index (χ3v) is 6.06. The quantitative estimate of drug-likeness (QED) is 0.450. The van der Waals surface area contributed by atoms with Crippen molar-refractivity contribution in [1.29, 1.82) is 0 Å². The number of aromatic nitrogens is 7. The van der Waals surface area contributed by atoms with Gasteiger partial charge in [-0.1, -0.05) is 24.6 Å². The van der Waals surface area contributed by atoms with Crippen LogP contribution in [0.3, 0.4) is 0 Å². The van der Waals surface area contributed by atoms with E-state index in [0.29, 0.717) is 16.7 Å². The lowest BCUT2D eigenvalue weighted by Crippen LogP contribution is -2.30. The molecule has 0 unspecified atom stereocenters. The van der Waals surface area contributed by atoms with Gasteiger partial charge in [0.15, 0.2) is 11.5 Å². The van der Waals surface area contributed by atoms with Crippen molar-refractivity contribution in [2.45, 2.75) is 42.4 Å². The van der Waals surface area contributed by atoms with Crippen molar-refractivity contribution >= 4 is 17.4 Å². The van der Waals surface area contributed by atoms with E-state index < -0.39 is 12.2 Å². The van der Waals surface area contributed by atoms with Crippen molar-refractivity contribution in [3.8, 4) is 5.69 Å². The van der Waals surface area contributed by atoms with Crippen LogP contribution in [0.15, 0.2) is 52.6 Å². The normalized spacial score (nSPS) is 15.2. The van der Waals surface area contributed by atoms with E-state index in [4.69, 9.17) is 0 Å². The number of fused-ring (bicyclic) bond motifs is 1. The molecular formula is C20H20F2N8S. The van der Waals surface area contributed by atoms with Crippen LogP contribution in [-0.4, -0.2) is 52.6 Å². The first-order valence-corrected chi connectivity index (χ1v) is 10.9. The van der Waals surface area contributed by atoms with Gasteiger partial charge in [-0.15, -0.1) is 20.4 Å². The van der Waals surface area contributed by atoms with Gasteiger partial charge in [-0.25, -0.2) is 8.78 Å². The number of hydrogen-bond donors (Lipinski definition) is 0. The maximum absolute atomic E-state index is 13.2. The van der Waals surface area contributed by atoms with Crippen molar-refractivity contribution in [2.75, 3.05) is 13.1 Å². The molecule has 5 rings (SSSR count). The molecule has 1 aliphatic heterocycles. The summed E-state index contributed by atoms with van der Waals surface area (Å²) in [5.74, 6) is 0.363. The van der Waals surface area contributed by atoms with Crippen LogP contribution in [0.25, 0.3) is 11.3 Å². The lowest BCUT2D eigenvalue weighted by atomic mass is 10.1. The SMILES string of the molecule is FC(F)c1nnc2ccc(Sc3nnc(CN4CCCCC4)n3-c3ccccc3)nn12. The van der Waals surface area contributed by atoms with Crippen molar-refractivity contribution in [2.24, 2.45) is 0 Å². The van der Waals surface area contributed by atoms with E-state index in [1.165, 1.54) is 31.0 Å². The number of rotatable bonds is 6. The standard InChI is InChI=1S/C20H20F2N8S/c21-18(22)19-25-23-15-9-10-17(27-30(15)19)31-20-26-24-16(13-28-11-5-2-6-12-28)29(20)14-7-3-1-4-8-14/h1,3-4,7-10,18H,2,5-6,11-13H2. The van der Waals surface area contributed by atoms with Gasteiger partial charge in [0, 0.05) is 5.69 Å². The summed E-state index contributed by atoms with van der Waals surface area (Å²) in [6, 6.07) is 13.2. The number of benzene rings is 1. The molecule has 1 saturated heterocycles. The average molecular weight is 442 g/mol. The second-order valence-corrected chi connectivity index (χ2v) is 8.30. The Labute approximate surface area is 181 Å². The lowest BCUT2D eigenvalue weighted by molar-refractivity contribution is 0.137. The van der Waals surface area contributed by atoms with Crippen molar-refractivity contribution in [3.05, 3.63) is 54.1 Å². The molecule has 0 spiro atoms. The molecule has 1 fully saturated rings. The number of likely N-dealkylation sites (tertiary alicyclic amines) is 1. The van der Waals surface area contributed by atoms with E-state index >= 15 is 0 Å². The molecule has 0 saturated carbocycles. The van der Waals surface area contributed by atoms with Gasteiger partial charge < -0.3 is 0 Å². The number of halogens is 2. The Morgan fingerprint density at radius 1 is 0.903 bits per heavy atom. The summed E-state index contributed by atoms with van der Waals surface area (Å²) in [6.07, 6.45) is 0.889. The maximum Gasteiger partial charge on any atom is 0.299 e. The van der Waals surface area contributed by atoms with Crippen LogP contribution < -0.4 is 0 Å². The minimum atomic E-state index is -2.76. The van der Waals surface area contributed by atoms with Gasteiger partial charge in [-0.2, -0.15) is 9.61 Å². The highest BCUT2D eigenvalue weighted by molar-refractivity contribution is 7.99. The summed E-state index contributed by atoms with van der Waals surface area (Å²) in [5.41, 5.74) is 1.22. The summed E-state index contributed by atoms with van der Waals surface area (Å²) in [6.45, 7) is 2.80. The largest absolute Gasteiger partial charge is 0.299 e. The van der Waals surface area contributed by atoms with E-state index in [1.54, 1.807) is 12.1 Å². The van der Waals surface area contributed by atoms with Crippen LogP contribution in [0.5, 0.6) is 0 Å². The zero-order valence-corrected chi connectivity index (χ0v) is 17.4. The first-order valence-electron chi connectivity index (χ1n) is 10.1. The predicted molar refractivity (Wildman–Crippen MR) is 110 cm³/mol. The molecule has 11 heteroatoms. The van der Waals surface area contributed by atoms with E-state index in [9.17, 15) is 8.78 Å². The molecular weight excluding hydrogens is 422 g/mol. The van der Waals surface area contributed by atoms with Gasteiger partial charge in [0.2, 0.25) is 11.0 Å². The topological polar surface area (TPSA) is 77.0 Å². The van der Waals surface area contributed by atoms with E-state index in [1.807, 2.05) is 34.9 Å². The van der Waals surface area contributed by atoms with Gasteiger partial charge >= 0.3 is 0 Å². The number of piperidine rings is 1. The maximum atomic E-state index is 13.2. The molecule has 0 N–H and O–H groups in total. The van der Waals surface area contributed by atoms with Crippen molar-refractivity contribution < 1.29 is 8.78 Å². The second kappa shape index (κ2) is 8.67. The molecule has 4 aromatic rings. The Morgan fingerprint density at radius 2 is 1.71 bits per heavy atom. The van der Waals surface area contributed by atoms with Gasteiger partial charge in [0.1, 0.15) is 5.03 Å². The zero-order chi connectivity index (χ0) is 21.2. The monoisotopic (exact) mass is 442 g/mol. The molecule has 3 aromatic heterocycles. The van der Waals surface area contributed by atoms with Crippen LogP contribution in [0.1, 0.15) is 37.3 Å². The van der Waals surface area contributed by atoms with Crippen LogP contribution in [0.4, 0.5) is 8.78 Å². The molecule has 160 valence electrons. The molecule has 0 radical (unpaired) electrons. The Kier molecular flexibility index (Phi) is 5.60. The van der Waals surface area contributed by atoms with Crippen LogP contribution in [0, 0.1) is 0 Å². The van der Waals surface area contributed by atoms with Crippen molar-refractivity contribution in [1.82, 2.24) is 39.5 Å². The van der Waals surface area contributed by atoms with Crippen LogP contribution >= 0.6 is 11.8 Å². The number of hydrogen-bond acceptors (Lipinski definition) is 7. The lowest BCUT2D eigenvalue weighted by Gasteiger charge is -2.26. The Hall–Kier alpha value is -2.92. The number of alkyl halides is 2. The van der Waals surface area contributed by atoms with Gasteiger partial charge in [-0.3, -0.25) is 9.47 Å². The summed E-state index contributed by atoms with van der Waals surface area (Å²) in [5, 5.41) is 21.5. The van der Waals surface area contributed by atoms with Gasteiger partial charge in [0.05, 0.1) is 6.54 Å². The first kappa shape index (κ1) is 20.0. The smallest absolute Gasteiger partial charge is 0.296 e. The average Bonchev–Trinajstić information content (AvgIpc) is 3.39. The minimum Gasteiger partial charge on any atom is -0.296 e. The third-order valence-electron chi connectivity index (χ3n) is 5.18. The fraction of sp³-hybridized carbons (Fsp3) is 0.350. The van der Waals surface area contributed by atoms with Crippen LogP contribution in [-0.2, 0) is 6.54 Å².